The van der Waals surface area contributed by atoms with E-state index in [9.17, 15) is 9.59 Å². The van der Waals surface area contributed by atoms with Crippen molar-refractivity contribution in [2.75, 3.05) is 32.1 Å². The Hall–Kier alpha value is -2.22. The van der Waals surface area contributed by atoms with Crippen molar-refractivity contribution in [2.45, 2.75) is 38.3 Å². The number of carbonyl (C=O) groups is 2. The zero-order valence-corrected chi connectivity index (χ0v) is 14.1. The number of hydrogen-bond donors (Lipinski definition) is 1. The maximum Gasteiger partial charge on any atom is 0.316 e. The van der Waals surface area contributed by atoms with Crippen LogP contribution in [0.2, 0.25) is 0 Å². The molecule has 0 unspecified atom stereocenters. The van der Waals surface area contributed by atoms with Gasteiger partial charge in [-0.3, -0.25) is 19.8 Å². The second-order valence-corrected chi connectivity index (χ2v) is 6.21. The van der Waals surface area contributed by atoms with Gasteiger partial charge in [0.2, 0.25) is 5.95 Å². The Bertz CT molecular complexity index is 606. The molecule has 3 rings (SSSR count). The number of amides is 2. The Labute approximate surface area is 141 Å². The molecule has 2 aliphatic rings. The first-order chi connectivity index (χ1) is 11.6. The van der Waals surface area contributed by atoms with E-state index in [0.29, 0.717) is 18.3 Å². The minimum absolute atomic E-state index is 0.0781. The van der Waals surface area contributed by atoms with Gasteiger partial charge in [0.25, 0.3) is 0 Å². The third-order valence-electron chi connectivity index (χ3n) is 4.81. The molecule has 1 aromatic heterocycles. The molecular weight excluding hydrogens is 310 g/mol. The predicted octanol–water partition coefficient (Wildman–Crippen LogP) is 0.509. The fourth-order valence-electron chi connectivity index (χ4n) is 3.46. The number of piperazine rings is 1. The summed E-state index contributed by atoms with van der Waals surface area (Å²) in [7, 11) is 1.51. The van der Waals surface area contributed by atoms with Crippen LogP contribution >= 0.6 is 0 Å². The van der Waals surface area contributed by atoms with Gasteiger partial charge in [-0.25, -0.2) is 9.97 Å². The van der Waals surface area contributed by atoms with Crippen molar-refractivity contribution in [1.82, 2.24) is 19.8 Å². The molecule has 0 saturated carbocycles. The number of anilines is 1. The van der Waals surface area contributed by atoms with Crippen molar-refractivity contribution in [3.05, 3.63) is 12.4 Å². The van der Waals surface area contributed by atoms with Gasteiger partial charge >= 0.3 is 11.8 Å². The molecule has 130 valence electrons. The van der Waals surface area contributed by atoms with Crippen LogP contribution < -0.4 is 10.1 Å². The molecule has 8 heteroatoms. The lowest BCUT2D eigenvalue weighted by Gasteiger charge is -2.43. The summed E-state index contributed by atoms with van der Waals surface area (Å²) in [6.07, 6.45) is 5.97. The van der Waals surface area contributed by atoms with E-state index >= 15 is 0 Å². The van der Waals surface area contributed by atoms with Gasteiger partial charge in [-0.2, -0.15) is 0 Å². The molecule has 0 aliphatic carbocycles. The summed E-state index contributed by atoms with van der Waals surface area (Å²) in [4.78, 5) is 37.0. The summed E-state index contributed by atoms with van der Waals surface area (Å²) in [5.74, 6) is -0.609. The van der Waals surface area contributed by atoms with Gasteiger partial charge < -0.3 is 9.64 Å². The van der Waals surface area contributed by atoms with Gasteiger partial charge in [0, 0.05) is 25.2 Å². The van der Waals surface area contributed by atoms with Crippen LogP contribution in [0.25, 0.3) is 0 Å². The molecule has 3 heterocycles. The Balaban J connectivity index is 1.66. The number of nitrogens with zero attached hydrogens (tertiary/aromatic N) is 4. The molecule has 0 radical (unpaired) electrons. The Morgan fingerprint density at radius 1 is 1.33 bits per heavy atom. The van der Waals surface area contributed by atoms with E-state index in [0.717, 1.165) is 32.4 Å². The summed E-state index contributed by atoms with van der Waals surface area (Å²) >= 11 is 0. The Morgan fingerprint density at radius 3 is 2.75 bits per heavy atom. The molecule has 0 aromatic carbocycles. The molecule has 1 aromatic rings. The van der Waals surface area contributed by atoms with Crippen molar-refractivity contribution < 1.29 is 14.3 Å². The van der Waals surface area contributed by atoms with Gasteiger partial charge in [0.1, 0.15) is 0 Å². The van der Waals surface area contributed by atoms with E-state index in [1.165, 1.54) is 19.5 Å². The van der Waals surface area contributed by atoms with Crippen LogP contribution in [0, 0.1) is 0 Å². The highest BCUT2D eigenvalue weighted by atomic mass is 16.5. The van der Waals surface area contributed by atoms with Crippen molar-refractivity contribution in [1.29, 1.82) is 0 Å². The zero-order chi connectivity index (χ0) is 17.1. The van der Waals surface area contributed by atoms with Gasteiger partial charge in [-0.15, -0.1) is 0 Å². The smallest absolute Gasteiger partial charge is 0.316 e. The molecule has 1 N–H and O–H groups in total. The first kappa shape index (κ1) is 16.6. The van der Waals surface area contributed by atoms with Gasteiger partial charge in [0.05, 0.1) is 19.5 Å². The highest BCUT2D eigenvalue weighted by Crippen LogP contribution is 2.26. The van der Waals surface area contributed by atoms with E-state index in [1.807, 2.05) is 6.92 Å². The lowest BCUT2D eigenvalue weighted by molar-refractivity contribution is -0.147. The Morgan fingerprint density at radius 2 is 2.08 bits per heavy atom. The minimum atomic E-state index is -0.690. The Kier molecular flexibility index (Phi) is 4.94. The summed E-state index contributed by atoms with van der Waals surface area (Å²) in [6.45, 7) is 4.61. The van der Waals surface area contributed by atoms with E-state index in [-0.39, 0.29) is 12.0 Å². The molecule has 2 aliphatic heterocycles. The summed E-state index contributed by atoms with van der Waals surface area (Å²) in [5, 5.41) is 2.47. The summed E-state index contributed by atoms with van der Waals surface area (Å²) in [6, 6.07) is 0.455. The van der Waals surface area contributed by atoms with E-state index < -0.39 is 11.8 Å². The number of hydrogen-bond acceptors (Lipinski definition) is 6. The zero-order valence-electron chi connectivity index (χ0n) is 14.1. The van der Waals surface area contributed by atoms with Crippen LogP contribution in [0.5, 0.6) is 5.75 Å². The van der Waals surface area contributed by atoms with E-state index in [1.54, 1.807) is 4.90 Å². The topological polar surface area (TPSA) is 87.7 Å². The van der Waals surface area contributed by atoms with Gasteiger partial charge in [0.15, 0.2) is 5.75 Å². The number of aromatic nitrogens is 2. The number of fused-ring (bicyclic) bond motifs is 1. The number of rotatable bonds is 3. The third kappa shape index (κ3) is 3.33. The van der Waals surface area contributed by atoms with Crippen LogP contribution in [-0.4, -0.2) is 70.4 Å². The van der Waals surface area contributed by atoms with Crippen LogP contribution in [0.15, 0.2) is 12.4 Å². The number of carbonyl (C=O) groups excluding carboxylic acids is 2. The largest absolute Gasteiger partial charge is 0.494 e. The maximum atomic E-state index is 12.6. The van der Waals surface area contributed by atoms with Crippen LogP contribution in [0.1, 0.15) is 26.2 Å². The van der Waals surface area contributed by atoms with E-state index in [4.69, 9.17) is 4.74 Å². The highest BCUT2D eigenvalue weighted by Gasteiger charge is 2.39. The average molecular weight is 333 g/mol. The first-order valence-electron chi connectivity index (χ1n) is 8.34. The summed E-state index contributed by atoms with van der Waals surface area (Å²) in [5.41, 5.74) is 0. The number of ether oxygens (including phenoxy) is 1. The lowest BCUT2D eigenvalue weighted by Crippen LogP contribution is -2.59. The second-order valence-electron chi connectivity index (χ2n) is 6.21. The average Bonchev–Trinajstić information content (AvgIpc) is 3.07. The minimum Gasteiger partial charge on any atom is -0.494 e. The van der Waals surface area contributed by atoms with Crippen LogP contribution in [0.4, 0.5) is 5.95 Å². The lowest BCUT2D eigenvalue weighted by atomic mass is 10.0. The van der Waals surface area contributed by atoms with Crippen molar-refractivity contribution >= 4 is 17.8 Å². The molecular formula is C16H23N5O3. The second kappa shape index (κ2) is 7.12. The van der Waals surface area contributed by atoms with Crippen LogP contribution in [0.3, 0.4) is 0 Å². The van der Waals surface area contributed by atoms with Crippen molar-refractivity contribution in [3.63, 3.8) is 0 Å². The van der Waals surface area contributed by atoms with Gasteiger partial charge in [-0.1, -0.05) is 6.92 Å². The van der Waals surface area contributed by atoms with E-state index in [2.05, 4.69) is 20.2 Å². The van der Waals surface area contributed by atoms with Crippen molar-refractivity contribution in [2.24, 2.45) is 0 Å². The van der Waals surface area contributed by atoms with Gasteiger partial charge in [-0.05, 0) is 25.8 Å². The predicted molar refractivity (Wildman–Crippen MR) is 87.6 cm³/mol. The first-order valence-corrected chi connectivity index (χ1v) is 8.34. The standard InChI is InChI=1S/C16H23N5O3/c1-3-11-9-20-6-4-5-12(20)10-21(11)15(23)14(22)19-16-17-7-13(24-2)8-18-16/h7-8,11-12H,3-6,9-10H2,1-2H3,(H,17,18,19,22)/t11-,12-/m1/s1. The quantitative estimate of drug-likeness (QED) is 0.811. The molecule has 2 fully saturated rings. The SMILES string of the molecule is CC[C@@H]1CN2CCC[C@@H]2CN1C(=O)C(=O)Nc1ncc(OC)cn1. The number of methoxy groups -OCH3 is 1. The molecule has 0 spiro atoms. The summed E-state index contributed by atoms with van der Waals surface area (Å²) < 4.78 is 4.97. The molecule has 2 atom stereocenters. The molecule has 2 amide bonds. The fraction of sp³-hybridized carbons (Fsp3) is 0.625. The number of nitrogens with one attached hydrogen (secondary N) is 1. The molecule has 24 heavy (non-hydrogen) atoms. The molecule has 8 nitrogen and oxygen atoms in total. The normalized spacial score (nSPS) is 23.7. The molecule has 2 saturated heterocycles. The fourth-order valence-corrected chi connectivity index (χ4v) is 3.46. The van der Waals surface area contributed by atoms with Crippen molar-refractivity contribution in [3.8, 4) is 5.75 Å². The molecule has 0 bridgehead atoms. The third-order valence-corrected chi connectivity index (χ3v) is 4.81. The van der Waals surface area contributed by atoms with Crippen LogP contribution in [-0.2, 0) is 9.59 Å². The monoisotopic (exact) mass is 333 g/mol. The maximum absolute atomic E-state index is 12.6. The highest BCUT2D eigenvalue weighted by molar-refractivity contribution is 6.39.